The van der Waals surface area contributed by atoms with Crippen LogP contribution in [0.15, 0.2) is 30.5 Å². The minimum Gasteiger partial charge on any atom is -0.367 e. The largest absolute Gasteiger partial charge is 0.367 e. The molecule has 1 N–H and O–H groups in total. The average molecular weight is 676 g/mol. The minimum absolute atomic E-state index is 0.201. The van der Waals surface area contributed by atoms with E-state index < -0.39 is 0 Å². The molecule has 11 heteroatoms. The molecule has 3 saturated heterocycles. The van der Waals surface area contributed by atoms with Crippen LogP contribution in [0.3, 0.4) is 0 Å². The fourth-order valence-electron chi connectivity index (χ4n) is 6.56. The summed E-state index contributed by atoms with van der Waals surface area (Å²) in [5.41, 5.74) is 2.99. The van der Waals surface area contributed by atoms with Crippen molar-refractivity contribution in [2.45, 2.75) is 32.1 Å². The molecule has 1 aromatic carbocycles. The number of piperazine rings is 1. The third kappa shape index (κ3) is 5.42. The van der Waals surface area contributed by atoms with Crippen LogP contribution in [0.2, 0.25) is 5.02 Å². The first-order chi connectivity index (χ1) is 19.3. The Morgan fingerprint density at radius 1 is 1.10 bits per heavy atom. The van der Waals surface area contributed by atoms with E-state index in [-0.39, 0.29) is 17.7 Å². The zero-order valence-corrected chi connectivity index (χ0v) is 25.9. The second-order valence-electron chi connectivity index (χ2n) is 11.4. The standard InChI is InChI=1S/C29H35ClIN7O2/c1-18-16-38(25-14-23(31)22(30)15-32-25)9-8-19(18)17-36-10-12-37(13-11-36)24-5-3-4-20-27(34-35(2)28(20)24)21-6-7-26(39)33-29(21)40/h3-5,14-15,18-19,21H,6-13,16-17H2,1-2H3,(H,33,39,40)/t18-,19-,21?/m1/s1. The van der Waals surface area contributed by atoms with Crippen molar-refractivity contribution in [2.75, 3.05) is 55.6 Å². The zero-order valence-electron chi connectivity index (χ0n) is 22.9. The second-order valence-corrected chi connectivity index (χ2v) is 13.0. The number of aryl methyl sites for hydroxylation is 1. The molecule has 3 aromatic rings. The van der Waals surface area contributed by atoms with Gasteiger partial charge in [-0.2, -0.15) is 5.10 Å². The number of hydrogen-bond acceptors (Lipinski definition) is 7. The normalized spacial score (nSPS) is 24.6. The van der Waals surface area contributed by atoms with Crippen LogP contribution in [0.4, 0.5) is 11.5 Å². The Kier molecular flexibility index (Phi) is 7.93. The number of halogens is 2. The average Bonchev–Trinajstić information content (AvgIpc) is 3.28. The van der Waals surface area contributed by atoms with Crippen LogP contribution < -0.4 is 15.1 Å². The zero-order chi connectivity index (χ0) is 28.0. The summed E-state index contributed by atoms with van der Waals surface area (Å²) in [7, 11) is 1.95. The molecule has 6 rings (SSSR count). The van der Waals surface area contributed by atoms with E-state index in [1.807, 2.05) is 11.7 Å². The Labute approximate surface area is 253 Å². The van der Waals surface area contributed by atoms with E-state index in [4.69, 9.17) is 16.7 Å². The van der Waals surface area contributed by atoms with E-state index in [2.05, 4.69) is 78.8 Å². The number of carbonyl (C=O) groups excluding carboxylic acids is 2. The van der Waals surface area contributed by atoms with Crippen LogP contribution in [-0.4, -0.2) is 77.3 Å². The van der Waals surface area contributed by atoms with E-state index in [1.165, 1.54) is 6.42 Å². The number of anilines is 2. The van der Waals surface area contributed by atoms with Crippen molar-refractivity contribution < 1.29 is 9.59 Å². The lowest BCUT2D eigenvalue weighted by Gasteiger charge is -2.42. The lowest BCUT2D eigenvalue weighted by molar-refractivity contribution is -0.134. The number of imide groups is 1. The van der Waals surface area contributed by atoms with Gasteiger partial charge in [0.15, 0.2) is 0 Å². The molecule has 0 radical (unpaired) electrons. The number of nitrogens with one attached hydrogen (secondary N) is 1. The number of nitrogens with zero attached hydrogens (tertiary/aromatic N) is 6. The van der Waals surface area contributed by atoms with Crippen LogP contribution >= 0.6 is 34.2 Å². The van der Waals surface area contributed by atoms with Gasteiger partial charge in [-0.3, -0.25) is 24.5 Å². The van der Waals surface area contributed by atoms with Crippen LogP contribution in [0.25, 0.3) is 10.9 Å². The maximum atomic E-state index is 12.6. The molecular weight excluding hydrogens is 641 g/mol. The molecule has 2 aromatic heterocycles. The topological polar surface area (TPSA) is 86.6 Å². The van der Waals surface area contributed by atoms with Crippen molar-refractivity contribution in [1.29, 1.82) is 0 Å². The predicted octanol–water partition coefficient (Wildman–Crippen LogP) is 4.03. The lowest BCUT2D eigenvalue weighted by atomic mass is 9.86. The van der Waals surface area contributed by atoms with Gasteiger partial charge in [-0.1, -0.05) is 30.7 Å². The van der Waals surface area contributed by atoms with E-state index in [1.54, 1.807) is 6.20 Å². The molecule has 40 heavy (non-hydrogen) atoms. The van der Waals surface area contributed by atoms with E-state index in [0.717, 1.165) is 77.5 Å². The fourth-order valence-corrected chi connectivity index (χ4v) is 7.09. The Bertz CT molecular complexity index is 1440. The number of aromatic nitrogens is 3. The summed E-state index contributed by atoms with van der Waals surface area (Å²) in [5, 5.41) is 8.97. The van der Waals surface area contributed by atoms with E-state index >= 15 is 0 Å². The highest BCUT2D eigenvalue weighted by atomic mass is 127. The van der Waals surface area contributed by atoms with Crippen molar-refractivity contribution in [3.05, 3.63) is 44.7 Å². The van der Waals surface area contributed by atoms with Gasteiger partial charge in [0.05, 0.1) is 27.8 Å². The third-order valence-electron chi connectivity index (χ3n) is 8.85. The van der Waals surface area contributed by atoms with Gasteiger partial charge >= 0.3 is 0 Å². The molecule has 0 aliphatic carbocycles. The molecule has 0 spiro atoms. The van der Waals surface area contributed by atoms with Gasteiger partial charge in [0.25, 0.3) is 0 Å². The first kappa shape index (κ1) is 27.7. The molecular formula is C29H35ClIN7O2. The molecule has 3 aliphatic heterocycles. The summed E-state index contributed by atoms with van der Waals surface area (Å²) < 4.78 is 2.95. The lowest BCUT2D eigenvalue weighted by Crippen LogP contribution is -2.50. The van der Waals surface area contributed by atoms with Gasteiger partial charge < -0.3 is 9.80 Å². The SMILES string of the molecule is C[C@@H]1CN(c2cc(I)c(Cl)cn2)CC[C@@H]1CN1CCN(c2cccc3c(C4CCC(=O)NC4=O)nn(C)c23)CC1. The molecule has 3 aliphatic rings. The summed E-state index contributed by atoms with van der Waals surface area (Å²) in [6.07, 6.45) is 3.79. The number of hydrogen-bond donors (Lipinski definition) is 1. The molecule has 0 bridgehead atoms. The van der Waals surface area contributed by atoms with Gasteiger partial charge in [0, 0.05) is 74.4 Å². The first-order valence-electron chi connectivity index (χ1n) is 14.1. The number of piperidine rings is 2. The van der Waals surface area contributed by atoms with Crippen LogP contribution in [-0.2, 0) is 16.6 Å². The van der Waals surface area contributed by atoms with E-state index in [9.17, 15) is 9.59 Å². The Morgan fingerprint density at radius 2 is 1.90 bits per heavy atom. The molecule has 1 unspecified atom stereocenters. The fraction of sp³-hybridized carbons (Fsp3) is 0.517. The van der Waals surface area contributed by atoms with Crippen molar-refractivity contribution in [3.63, 3.8) is 0 Å². The van der Waals surface area contributed by atoms with Crippen molar-refractivity contribution >= 4 is 68.4 Å². The Morgan fingerprint density at radius 3 is 2.62 bits per heavy atom. The number of pyridine rings is 1. The number of para-hydroxylation sites is 1. The van der Waals surface area contributed by atoms with Crippen LogP contribution in [0, 0.1) is 15.4 Å². The number of amides is 2. The smallest absolute Gasteiger partial charge is 0.235 e. The molecule has 9 nitrogen and oxygen atoms in total. The highest BCUT2D eigenvalue weighted by molar-refractivity contribution is 14.1. The molecule has 3 fully saturated rings. The van der Waals surface area contributed by atoms with Gasteiger partial charge in [-0.25, -0.2) is 4.98 Å². The second kappa shape index (κ2) is 11.4. The monoisotopic (exact) mass is 675 g/mol. The Balaban J connectivity index is 1.09. The van der Waals surface area contributed by atoms with Crippen LogP contribution in [0.5, 0.6) is 0 Å². The summed E-state index contributed by atoms with van der Waals surface area (Å²) in [6.45, 7) is 9.51. The third-order valence-corrected chi connectivity index (χ3v) is 10.4. The summed E-state index contributed by atoms with van der Waals surface area (Å²) in [4.78, 5) is 36.3. The highest BCUT2D eigenvalue weighted by Crippen LogP contribution is 2.35. The number of fused-ring (bicyclic) bond motifs is 1. The van der Waals surface area contributed by atoms with Crippen molar-refractivity contribution in [2.24, 2.45) is 18.9 Å². The van der Waals surface area contributed by atoms with Gasteiger partial charge in [0.2, 0.25) is 11.8 Å². The maximum Gasteiger partial charge on any atom is 0.235 e. The highest BCUT2D eigenvalue weighted by Gasteiger charge is 2.33. The summed E-state index contributed by atoms with van der Waals surface area (Å²) in [5.74, 6) is 1.46. The quantitative estimate of drug-likeness (QED) is 0.323. The van der Waals surface area contributed by atoms with Gasteiger partial charge in [-0.15, -0.1) is 0 Å². The van der Waals surface area contributed by atoms with Crippen LogP contribution in [0.1, 0.15) is 37.8 Å². The predicted molar refractivity (Wildman–Crippen MR) is 166 cm³/mol. The van der Waals surface area contributed by atoms with Gasteiger partial charge in [-0.05, 0) is 59.4 Å². The first-order valence-corrected chi connectivity index (χ1v) is 15.6. The molecule has 212 valence electrons. The molecule has 0 saturated carbocycles. The van der Waals surface area contributed by atoms with E-state index in [0.29, 0.717) is 29.7 Å². The van der Waals surface area contributed by atoms with Gasteiger partial charge in [0.1, 0.15) is 5.82 Å². The number of carbonyl (C=O) groups is 2. The number of rotatable bonds is 5. The molecule has 3 atom stereocenters. The minimum atomic E-state index is -0.388. The van der Waals surface area contributed by atoms with Crippen molar-refractivity contribution in [1.82, 2.24) is 25.0 Å². The number of benzene rings is 1. The Hall–Kier alpha value is -2.44. The maximum absolute atomic E-state index is 12.6. The van der Waals surface area contributed by atoms with Crippen molar-refractivity contribution in [3.8, 4) is 0 Å². The summed E-state index contributed by atoms with van der Waals surface area (Å²) in [6, 6.07) is 8.37. The molecule has 2 amide bonds. The summed E-state index contributed by atoms with van der Waals surface area (Å²) >= 11 is 8.46. The molecule has 5 heterocycles.